The first-order valence-electron chi connectivity index (χ1n) is 9.75. The van der Waals surface area contributed by atoms with Crippen molar-refractivity contribution in [2.75, 3.05) is 19.6 Å². The summed E-state index contributed by atoms with van der Waals surface area (Å²) < 4.78 is 36.8. The molecule has 4 aliphatic rings. The third-order valence-electron chi connectivity index (χ3n) is 6.43. The van der Waals surface area contributed by atoms with E-state index in [1.165, 1.54) is 18.5 Å². The number of allylic oxidation sites excluding steroid dienone is 4. The van der Waals surface area contributed by atoms with E-state index in [2.05, 4.69) is 22.5 Å². The molecule has 4 rings (SSSR count). The molecule has 2 unspecified atom stereocenters. The Morgan fingerprint density at radius 2 is 1.84 bits per heavy atom. The number of rotatable bonds is 2. The largest absolute Gasteiger partial charge is 0.372 e. The average molecular weight is 366 g/mol. The van der Waals surface area contributed by atoms with Gasteiger partial charge in [0.1, 0.15) is 13.1 Å². The normalized spacial score (nSPS) is 30.8. The summed E-state index contributed by atoms with van der Waals surface area (Å²) in [6, 6.07) is 0.531. The zero-order valence-electron chi connectivity index (χ0n) is 15.1. The molecule has 0 aromatic heterocycles. The van der Waals surface area contributed by atoms with Gasteiger partial charge in [-0.15, -0.1) is 0 Å². The molecule has 25 heavy (non-hydrogen) atoms. The first kappa shape index (κ1) is 17.3. The maximum Gasteiger partial charge on any atom is 0.301 e. The van der Waals surface area contributed by atoms with Crippen molar-refractivity contribution < 1.29 is 17.5 Å². The van der Waals surface area contributed by atoms with Crippen LogP contribution in [0.3, 0.4) is 0 Å². The highest BCUT2D eigenvalue weighted by atomic mass is 32.2. The van der Waals surface area contributed by atoms with E-state index in [0.29, 0.717) is 6.04 Å². The van der Waals surface area contributed by atoms with E-state index in [1.807, 2.05) is 0 Å². The third kappa shape index (κ3) is 3.19. The molecule has 2 heterocycles. The van der Waals surface area contributed by atoms with Crippen molar-refractivity contribution in [2.45, 2.75) is 64.3 Å². The van der Waals surface area contributed by atoms with Gasteiger partial charge >= 0.3 is 10.1 Å². The molecule has 0 radical (unpaired) electrons. The molecule has 2 fully saturated rings. The van der Waals surface area contributed by atoms with Crippen LogP contribution in [-0.4, -0.2) is 53.8 Å². The minimum absolute atomic E-state index is 0.231. The molecule has 0 amide bonds. The molecule has 0 aromatic rings. The van der Waals surface area contributed by atoms with Crippen molar-refractivity contribution >= 4 is 15.8 Å². The number of nitrogens with zero attached hydrogens (tertiary/aromatic N) is 2. The molecule has 138 valence electrons. The summed E-state index contributed by atoms with van der Waals surface area (Å²) in [6.45, 7) is 5.13. The summed E-state index contributed by atoms with van der Waals surface area (Å²) >= 11 is 0. The van der Waals surface area contributed by atoms with Gasteiger partial charge in [-0.1, -0.05) is 0 Å². The lowest BCUT2D eigenvalue weighted by atomic mass is 9.79. The predicted octanol–water partition coefficient (Wildman–Crippen LogP) is 2.95. The van der Waals surface area contributed by atoms with Crippen LogP contribution in [-0.2, 0) is 10.1 Å². The Labute approximate surface area is 150 Å². The van der Waals surface area contributed by atoms with Crippen molar-refractivity contribution in [1.82, 2.24) is 4.90 Å². The van der Waals surface area contributed by atoms with E-state index in [0.717, 1.165) is 69.4 Å². The molecule has 2 aliphatic carbocycles. The van der Waals surface area contributed by atoms with Gasteiger partial charge in [0.25, 0.3) is 0 Å². The Morgan fingerprint density at radius 1 is 1.12 bits per heavy atom. The van der Waals surface area contributed by atoms with Gasteiger partial charge in [-0.2, -0.15) is 8.42 Å². The first-order chi connectivity index (χ1) is 11.9. The van der Waals surface area contributed by atoms with Gasteiger partial charge in [-0.3, -0.25) is 4.55 Å². The van der Waals surface area contributed by atoms with Crippen molar-refractivity contribution in [2.24, 2.45) is 5.92 Å². The zero-order valence-corrected chi connectivity index (χ0v) is 15.9. The highest BCUT2D eigenvalue weighted by molar-refractivity contribution is 7.90. The second kappa shape index (κ2) is 6.54. The highest BCUT2D eigenvalue weighted by Crippen LogP contribution is 2.41. The summed E-state index contributed by atoms with van der Waals surface area (Å²) in [5.74, 6) is 0.268. The van der Waals surface area contributed by atoms with E-state index in [-0.39, 0.29) is 10.8 Å². The van der Waals surface area contributed by atoms with Gasteiger partial charge in [-0.25, -0.2) is 4.58 Å². The van der Waals surface area contributed by atoms with Crippen LogP contribution in [0.5, 0.6) is 0 Å². The lowest BCUT2D eigenvalue weighted by Gasteiger charge is -2.35. The van der Waals surface area contributed by atoms with Crippen molar-refractivity contribution in [3.63, 3.8) is 0 Å². The van der Waals surface area contributed by atoms with Gasteiger partial charge in [0.05, 0.1) is 0 Å². The van der Waals surface area contributed by atoms with Gasteiger partial charge in [0, 0.05) is 37.5 Å². The fourth-order valence-corrected chi connectivity index (χ4v) is 6.21. The van der Waals surface area contributed by atoms with Gasteiger partial charge in [-0.05, 0) is 56.6 Å². The van der Waals surface area contributed by atoms with E-state index in [4.69, 9.17) is 0 Å². The summed E-state index contributed by atoms with van der Waals surface area (Å²) in [6.07, 6.45) is 10.5. The Morgan fingerprint density at radius 3 is 2.48 bits per heavy atom. The highest BCUT2D eigenvalue weighted by Gasteiger charge is 2.40. The topological polar surface area (TPSA) is 60.6 Å². The molecule has 5 nitrogen and oxygen atoms in total. The maximum absolute atomic E-state index is 12.3. The van der Waals surface area contributed by atoms with E-state index < -0.39 is 10.1 Å². The third-order valence-corrected chi connectivity index (χ3v) is 7.42. The zero-order chi connectivity index (χ0) is 17.6. The Bertz CT molecular complexity index is 756. The van der Waals surface area contributed by atoms with Crippen LogP contribution in [0.1, 0.15) is 58.3 Å². The van der Waals surface area contributed by atoms with Crippen LogP contribution < -0.4 is 0 Å². The molecule has 6 heteroatoms. The molecular weight excluding hydrogens is 336 g/mol. The summed E-state index contributed by atoms with van der Waals surface area (Å²) in [7, 11) is -4.21. The molecule has 0 bridgehead atoms. The molecule has 0 saturated carbocycles. The Hall–Kier alpha value is -1.14. The van der Waals surface area contributed by atoms with E-state index in [9.17, 15) is 13.0 Å². The molecule has 1 N–H and O–H groups in total. The summed E-state index contributed by atoms with van der Waals surface area (Å²) in [4.78, 5) is 2.67. The molecule has 2 saturated heterocycles. The summed E-state index contributed by atoms with van der Waals surface area (Å²) in [5, 5.41) is 0. The van der Waals surface area contributed by atoms with Gasteiger partial charge < -0.3 is 4.90 Å². The van der Waals surface area contributed by atoms with Crippen molar-refractivity contribution in [3.8, 4) is 0 Å². The molecule has 0 aromatic carbocycles. The fourth-order valence-electron chi connectivity index (χ4n) is 5.16. The van der Waals surface area contributed by atoms with Crippen LogP contribution >= 0.6 is 0 Å². The lowest BCUT2D eigenvalue weighted by Crippen LogP contribution is -2.34. The first-order valence-corrected chi connectivity index (χ1v) is 11.2. The Balaban J connectivity index is 1.84. The SMILES string of the molecule is CC1CCCN1C1=CC2=C(S(=O)(=O)O)C(=[N+]3CCCC3)CCC2CC1. The Kier molecular flexibility index (Phi) is 4.52. The molecular formula is C19H29N2O3S+. The van der Waals surface area contributed by atoms with E-state index in [1.54, 1.807) is 0 Å². The van der Waals surface area contributed by atoms with Crippen molar-refractivity contribution in [1.29, 1.82) is 0 Å². The van der Waals surface area contributed by atoms with Gasteiger partial charge in [0.2, 0.25) is 0 Å². The van der Waals surface area contributed by atoms with Crippen LogP contribution in [0.25, 0.3) is 0 Å². The monoisotopic (exact) mass is 365 g/mol. The molecule has 2 atom stereocenters. The minimum Gasteiger partial charge on any atom is -0.372 e. The molecule has 2 aliphatic heterocycles. The summed E-state index contributed by atoms with van der Waals surface area (Å²) in [5.41, 5.74) is 2.99. The van der Waals surface area contributed by atoms with Gasteiger partial charge in [0.15, 0.2) is 10.6 Å². The van der Waals surface area contributed by atoms with Crippen molar-refractivity contribution in [3.05, 3.63) is 22.3 Å². The van der Waals surface area contributed by atoms with Crippen LogP contribution in [0, 0.1) is 5.92 Å². The average Bonchev–Trinajstić information content (AvgIpc) is 3.23. The predicted molar refractivity (Wildman–Crippen MR) is 98.3 cm³/mol. The number of hydrogen-bond donors (Lipinski definition) is 1. The number of hydrogen-bond acceptors (Lipinski definition) is 3. The van der Waals surface area contributed by atoms with Crippen LogP contribution in [0.2, 0.25) is 0 Å². The minimum atomic E-state index is -4.21. The fraction of sp³-hybridized carbons (Fsp3) is 0.737. The maximum atomic E-state index is 12.3. The second-order valence-electron chi connectivity index (χ2n) is 7.99. The van der Waals surface area contributed by atoms with Crippen LogP contribution in [0.4, 0.5) is 0 Å². The molecule has 0 spiro atoms. The number of fused-ring (bicyclic) bond motifs is 1. The number of likely N-dealkylation sites (tertiary alicyclic amines) is 1. The van der Waals surface area contributed by atoms with E-state index >= 15 is 0 Å². The smallest absolute Gasteiger partial charge is 0.301 e. The van der Waals surface area contributed by atoms with Crippen LogP contribution in [0.15, 0.2) is 22.3 Å². The standard InChI is InChI=1S/C19H28N2O3S/c1-14-5-4-12-21(14)16-8-6-15-7-9-18(20-10-2-3-11-20)19(17(15)13-16)25(22,23)24/h13-15H,2-12H2,1H3/p+1. The lowest BCUT2D eigenvalue weighted by molar-refractivity contribution is -0.506. The quantitative estimate of drug-likeness (QED) is 0.604. The second-order valence-corrected chi connectivity index (χ2v) is 9.35.